The summed E-state index contributed by atoms with van der Waals surface area (Å²) < 4.78 is 39.1. The second-order valence-electron chi connectivity index (χ2n) is 5.53. The van der Waals surface area contributed by atoms with E-state index < -0.39 is 28.5 Å². The Hall–Kier alpha value is -3.13. The number of carbonyl (C=O) groups is 1. The summed E-state index contributed by atoms with van der Waals surface area (Å²) in [7, 11) is -1.79. The zero-order chi connectivity index (χ0) is 19.2. The lowest BCUT2D eigenvalue weighted by atomic mass is 10.3. The lowest BCUT2D eigenvalue weighted by Crippen LogP contribution is -2.28. The van der Waals surface area contributed by atoms with Crippen LogP contribution in [0.15, 0.2) is 76.8 Å². The number of pyridine rings is 1. The van der Waals surface area contributed by atoms with Gasteiger partial charge in [-0.3, -0.25) is 4.98 Å². The van der Waals surface area contributed by atoms with Crippen LogP contribution in [0.3, 0.4) is 0 Å². The maximum absolute atomic E-state index is 13.8. The Morgan fingerprint density at radius 1 is 1.00 bits per heavy atom. The number of urea groups is 1. The number of amides is 2. The molecule has 2 aromatic carbocycles. The maximum atomic E-state index is 13.8. The van der Waals surface area contributed by atoms with E-state index >= 15 is 0 Å². The van der Waals surface area contributed by atoms with E-state index in [0.29, 0.717) is 23.2 Å². The van der Waals surface area contributed by atoms with E-state index in [1.807, 2.05) is 0 Å². The van der Waals surface area contributed by atoms with Gasteiger partial charge in [0.15, 0.2) is 0 Å². The number of nitrogens with one attached hydrogen (secondary N) is 2. The van der Waals surface area contributed by atoms with Crippen LogP contribution in [-0.2, 0) is 17.3 Å². The first-order valence-corrected chi connectivity index (χ1v) is 9.08. The summed E-state index contributed by atoms with van der Waals surface area (Å²) in [5, 5.41) is 5.35. The molecule has 2 N–H and O–H groups in total. The van der Waals surface area contributed by atoms with Gasteiger partial charge >= 0.3 is 6.03 Å². The minimum atomic E-state index is -1.79. The predicted molar refractivity (Wildman–Crippen MR) is 97.6 cm³/mol. The van der Waals surface area contributed by atoms with Crippen molar-refractivity contribution in [3.8, 4) is 0 Å². The van der Waals surface area contributed by atoms with Crippen LogP contribution in [0.5, 0.6) is 0 Å². The number of anilines is 1. The number of rotatable bonds is 5. The normalized spacial score (nSPS) is 11.6. The topological polar surface area (TPSA) is 71.1 Å². The molecule has 0 aliphatic carbocycles. The molecule has 0 radical (unpaired) electrons. The van der Waals surface area contributed by atoms with Gasteiger partial charge in [-0.2, -0.15) is 0 Å². The molecule has 27 heavy (non-hydrogen) atoms. The van der Waals surface area contributed by atoms with Gasteiger partial charge in [0.05, 0.1) is 15.7 Å². The molecule has 1 atom stereocenters. The van der Waals surface area contributed by atoms with E-state index in [1.165, 1.54) is 12.1 Å². The van der Waals surface area contributed by atoms with Gasteiger partial charge < -0.3 is 10.6 Å². The lowest BCUT2D eigenvalue weighted by molar-refractivity contribution is 0.251. The molecule has 138 valence electrons. The average Bonchev–Trinajstić information content (AvgIpc) is 2.67. The number of hydrogen-bond acceptors (Lipinski definition) is 3. The Labute approximate surface area is 156 Å². The highest BCUT2D eigenvalue weighted by molar-refractivity contribution is 7.85. The zero-order valence-electron chi connectivity index (χ0n) is 14.0. The molecule has 1 unspecified atom stereocenters. The van der Waals surface area contributed by atoms with Crippen LogP contribution in [-0.4, -0.2) is 15.2 Å². The van der Waals surface area contributed by atoms with Crippen molar-refractivity contribution in [3.63, 3.8) is 0 Å². The molecule has 3 aromatic rings. The summed E-state index contributed by atoms with van der Waals surface area (Å²) in [5.41, 5.74) is 1.40. The second kappa shape index (κ2) is 8.50. The molecule has 0 spiro atoms. The molecular formula is C19H15F2N3O2S. The Bertz CT molecular complexity index is 966. The van der Waals surface area contributed by atoms with Gasteiger partial charge in [-0.15, -0.1) is 0 Å². The largest absolute Gasteiger partial charge is 0.334 e. The van der Waals surface area contributed by atoms with E-state index in [1.54, 1.807) is 36.7 Å². The first-order chi connectivity index (χ1) is 13.0. The number of benzene rings is 2. The van der Waals surface area contributed by atoms with Crippen LogP contribution in [0.4, 0.5) is 19.3 Å². The van der Waals surface area contributed by atoms with Crippen molar-refractivity contribution in [1.29, 1.82) is 0 Å². The summed E-state index contributed by atoms with van der Waals surface area (Å²) in [5.74, 6) is -1.60. The summed E-state index contributed by atoms with van der Waals surface area (Å²) in [6.45, 7) is 0.348. The van der Waals surface area contributed by atoms with Crippen LogP contribution >= 0.6 is 0 Å². The Morgan fingerprint density at radius 2 is 1.70 bits per heavy atom. The summed E-state index contributed by atoms with van der Waals surface area (Å²) in [6.07, 6.45) is 3.27. The van der Waals surface area contributed by atoms with Crippen LogP contribution in [0, 0.1) is 11.6 Å². The zero-order valence-corrected chi connectivity index (χ0v) is 14.8. The van der Waals surface area contributed by atoms with Crippen molar-refractivity contribution < 1.29 is 17.8 Å². The third-order valence-electron chi connectivity index (χ3n) is 3.62. The Kier molecular flexibility index (Phi) is 5.87. The minimum Gasteiger partial charge on any atom is -0.334 e. The molecule has 0 saturated heterocycles. The highest BCUT2D eigenvalue weighted by atomic mass is 32.2. The van der Waals surface area contributed by atoms with Gasteiger partial charge in [-0.1, -0.05) is 0 Å². The van der Waals surface area contributed by atoms with Crippen molar-refractivity contribution in [3.05, 3.63) is 84.2 Å². The SMILES string of the molecule is O=C(NCc1ccncc1)Nc1ccc(S(=O)c2ccc(F)cc2F)cc1. The van der Waals surface area contributed by atoms with E-state index in [-0.39, 0.29) is 4.90 Å². The highest BCUT2D eigenvalue weighted by Crippen LogP contribution is 2.21. The number of carbonyl (C=O) groups excluding carboxylic acids is 1. The highest BCUT2D eigenvalue weighted by Gasteiger charge is 2.13. The number of hydrogen-bond donors (Lipinski definition) is 2. The molecule has 0 bridgehead atoms. The molecule has 0 fully saturated rings. The quantitative estimate of drug-likeness (QED) is 0.699. The molecule has 0 aliphatic heterocycles. The molecule has 1 heterocycles. The van der Waals surface area contributed by atoms with E-state index in [4.69, 9.17) is 0 Å². The van der Waals surface area contributed by atoms with E-state index in [0.717, 1.165) is 17.7 Å². The van der Waals surface area contributed by atoms with Crippen LogP contribution in [0.1, 0.15) is 5.56 Å². The summed E-state index contributed by atoms with van der Waals surface area (Å²) >= 11 is 0. The molecule has 0 saturated carbocycles. The third kappa shape index (κ3) is 4.95. The smallest absolute Gasteiger partial charge is 0.319 e. The van der Waals surface area contributed by atoms with E-state index in [9.17, 15) is 17.8 Å². The van der Waals surface area contributed by atoms with Crippen molar-refractivity contribution in [1.82, 2.24) is 10.3 Å². The molecule has 1 aromatic heterocycles. The summed E-state index contributed by atoms with van der Waals surface area (Å²) in [4.78, 5) is 16.1. The number of nitrogens with zero attached hydrogens (tertiary/aromatic N) is 1. The second-order valence-corrected chi connectivity index (χ2v) is 6.98. The van der Waals surface area contributed by atoms with Gasteiger partial charge in [-0.05, 0) is 54.1 Å². The van der Waals surface area contributed by atoms with Crippen molar-refractivity contribution in [2.45, 2.75) is 16.3 Å². The fourth-order valence-corrected chi connectivity index (χ4v) is 3.34. The molecule has 0 aliphatic rings. The first kappa shape index (κ1) is 18.7. The van der Waals surface area contributed by atoms with Gasteiger partial charge in [0, 0.05) is 35.6 Å². The molecular weight excluding hydrogens is 372 g/mol. The Balaban J connectivity index is 1.61. The monoisotopic (exact) mass is 387 g/mol. The summed E-state index contributed by atoms with van der Waals surface area (Å²) in [6, 6.07) is 12.2. The standard InChI is InChI=1S/C19H15F2N3O2S/c20-14-1-6-18(17(21)11-14)27(26)16-4-2-15(3-5-16)24-19(25)23-12-13-7-9-22-10-8-13/h1-11H,12H2,(H2,23,24,25). The Morgan fingerprint density at radius 3 is 2.37 bits per heavy atom. The molecule has 2 amide bonds. The number of halogens is 2. The van der Waals surface area contributed by atoms with Gasteiger partial charge in [0.2, 0.25) is 0 Å². The van der Waals surface area contributed by atoms with Crippen LogP contribution in [0.2, 0.25) is 0 Å². The lowest BCUT2D eigenvalue weighted by Gasteiger charge is -2.09. The first-order valence-electron chi connectivity index (χ1n) is 7.93. The van der Waals surface area contributed by atoms with Crippen LogP contribution in [0.25, 0.3) is 0 Å². The van der Waals surface area contributed by atoms with Crippen molar-refractivity contribution in [2.75, 3.05) is 5.32 Å². The van der Waals surface area contributed by atoms with Crippen LogP contribution < -0.4 is 10.6 Å². The van der Waals surface area contributed by atoms with Crippen molar-refractivity contribution in [2.24, 2.45) is 0 Å². The van der Waals surface area contributed by atoms with Gasteiger partial charge in [0.25, 0.3) is 0 Å². The fraction of sp³-hybridized carbons (Fsp3) is 0.0526. The minimum absolute atomic E-state index is 0.104. The van der Waals surface area contributed by atoms with Gasteiger partial charge in [0.1, 0.15) is 11.6 Å². The molecule has 5 nitrogen and oxygen atoms in total. The third-order valence-corrected chi connectivity index (χ3v) is 5.05. The predicted octanol–water partition coefficient (Wildman–Crippen LogP) is 3.85. The van der Waals surface area contributed by atoms with E-state index in [2.05, 4.69) is 15.6 Å². The van der Waals surface area contributed by atoms with Crippen molar-refractivity contribution >= 4 is 22.5 Å². The molecule has 8 heteroatoms. The average molecular weight is 387 g/mol. The van der Waals surface area contributed by atoms with Gasteiger partial charge in [-0.25, -0.2) is 17.8 Å². The fourth-order valence-electron chi connectivity index (χ4n) is 2.27. The number of aromatic nitrogens is 1. The molecule has 3 rings (SSSR count). The maximum Gasteiger partial charge on any atom is 0.319 e.